The second-order valence-electron chi connectivity index (χ2n) is 3.65. The van der Waals surface area contributed by atoms with Gasteiger partial charge in [-0.2, -0.15) is 0 Å². The first-order valence-electron chi connectivity index (χ1n) is 4.64. The van der Waals surface area contributed by atoms with Gasteiger partial charge in [-0.15, -0.1) is 0 Å². The van der Waals surface area contributed by atoms with E-state index in [-0.39, 0.29) is 6.09 Å². The van der Waals surface area contributed by atoms with Gasteiger partial charge in [0.1, 0.15) is 0 Å². The van der Waals surface area contributed by atoms with Crippen molar-refractivity contribution in [2.45, 2.75) is 18.9 Å². The van der Waals surface area contributed by atoms with Crippen molar-refractivity contribution in [2.75, 3.05) is 34.3 Å². The van der Waals surface area contributed by atoms with Crippen molar-refractivity contribution in [2.24, 2.45) is 0 Å². The SMILES string of the molecule is COC(=O)N1CCC(N(C)C)CC1. The van der Waals surface area contributed by atoms with Gasteiger partial charge in [-0.1, -0.05) is 0 Å². The molecular formula is C9H18N2O2. The number of hydrogen-bond acceptors (Lipinski definition) is 3. The topological polar surface area (TPSA) is 32.8 Å². The quantitative estimate of drug-likeness (QED) is 0.606. The molecule has 1 aliphatic heterocycles. The van der Waals surface area contributed by atoms with Crippen molar-refractivity contribution in [1.82, 2.24) is 9.80 Å². The zero-order chi connectivity index (χ0) is 9.84. The molecule has 4 nitrogen and oxygen atoms in total. The summed E-state index contributed by atoms with van der Waals surface area (Å²) in [5, 5.41) is 0. The molecule has 76 valence electrons. The van der Waals surface area contributed by atoms with Crippen molar-refractivity contribution in [3.8, 4) is 0 Å². The molecule has 1 amide bonds. The molecule has 1 fully saturated rings. The lowest BCUT2D eigenvalue weighted by Crippen LogP contribution is -2.44. The van der Waals surface area contributed by atoms with Crippen LogP contribution in [0.25, 0.3) is 0 Å². The average molecular weight is 186 g/mol. The molecule has 1 heterocycles. The second kappa shape index (κ2) is 4.46. The van der Waals surface area contributed by atoms with Crippen LogP contribution < -0.4 is 0 Å². The number of carbonyl (C=O) groups excluding carboxylic acids is 1. The van der Waals surface area contributed by atoms with E-state index < -0.39 is 0 Å². The Kier molecular flexibility index (Phi) is 3.54. The molecule has 0 radical (unpaired) electrons. The van der Waals surface area contributed by atoms with E-state index >= 15 is 0 Å². The van der Waals surface area contributed by atoms with E-state index in [0.29, 0.717) is 6.04 Å². The van der Waals surface area contributed by atoms with Gasteiger partial charge >= 0.3 is 6.09 Å². The van der Waals surface area contributed by atoms with Gasteiger partial charge in [0.25, 0.3) is 0 Å². The Labute approximate surface area is 79.4 Å². The smallest absolute Gasteiger partial charge is 0.409 e. The van der Waals surface area contributed by atoms with Gasteiger partial charge in [-0.05, 0) is 26.9 Å². The van der Waals surface area contributed by atoms with Gasteiger partial charge in [0, 0.05) is 19.1 Å². The fourth-order valence-electron chi connectivity index (χ4n) is 1.69. The van der Waals surface area contributed by atoms with Crippen LogP contribution in [0.1, 0.15) is 12.8 Å². The molecule has 1 rings (SSSR count). The summed E-state index contributed by atoms with van der Waals surface area (Å²) >= 11 is 0. The lowest BCUT2D eigenvalue weighted by atomic mass is 10.0. The Hall–Kier alpha value is -0.770. The Balaban J connectivity index is 2.34. The zero-order valence-corrected chi connectivity index (χ0v) is 8.62. The number of nitrogens with zero attached hydrogens (tertiary/aromatic N) is 2. The fraction of sp³-hybridized carbons (Fsp3) is 0.889. The summed E-state index contributed by atoms with van der Waals surface area (Å²) < 4.78 is 4.66. The van der Waals surface area contributed by atoms with Gasteiger partial charge in [0.05, 0.1) is 7.11 Å². The van der Waals surface area contributed by atoms with E-state index in [4.69, 9.17) is 0 Å². The molecule has 0 N–H and O–H groups in total. The van der Waals surface area contributed by atoms with Crippen LogP contribution >= 0.6 is 0 Å². The van der Waals surface area contributed by atoms with Gasteiger partial charge in [-0.25, -0.2) is 4.79 Å². The third kappa shape index (κ3) is 2.59. The third-order valence-corrected chi connectivity index (χ3v) is 2.63. The molecule has 4 heteroatoms. The van der Waals surface area contributed by atoms with Crippen molar-refractivity contribution >= 4 is 6.09 Å². The Morgan fingerprint density at radius 2 is 1.92 bits per heavy atom. The van der Waals surface area contributed by atoms with Crippen molar-refractivity contribution in [3.63, 3.8) is 0 Å². The number of rotatable bonds is 1. The van der Waals surface area contributed by atoms with Crippen LogP contribution in [-0.4, -0.2) is 56.2 Å². The standard InChI is InChI=1S/C9H18N2O2/c1-10(2)8-4-6-11(7-5-8)9(12)13-3/h8H,4-7H2,1-3H3. The normalized spacial score (nSPS) is 19.2. The summed E-state index contributed by atoms with van der Waals surface area (Å²) in [7, 11) is 5.59. The molecule has 0 saturated carbocycles. The summed E-state index contributed by atoms with van der Waals surface area (Å²) in [6.45, 7) is 1.63. The van der Waals surface area contributed by atoms with Gasteiger partial charge in [0.15, 0.2) is 0 Å². The second-order valence-corrected chi connectivity index (χ2v) is 3.65. The lowest BCUT2D eigenvalue weighted by molar-refractivity contribution is 0.0972. The molecule has 0 unspecified atom stereocenters. The van der Waals surface area contributed by atoms with Crippen LogP contribution in [0.2, 0.25) is 0 Å². The number of hydrogen-bond donors (Lipinski definition) is 0. The minimum atomic E-state index is -0.197. The highest BCUT2D eigenvalue weighted by Crippen LogP contribution is 2.14. The highest BCUT2D eigenvalue weighted by atomic mass is 16.5. The van der Waals surface area contributed by atoms with E-state index in [2.05, 4.69) is 23.7 Å². The number of methoxy groups -OCH3 is 1. The fourth-order valence-corrected chi connectivity index (χ4v) is 1.69. The molecule has 0 aromatic carbocycles. The number of piperidine rings is 1. The molecule has 1 aliphatic rings. The maximum Gasteiger partial charge on any atom is 0.409 e. The van der Waals surface area contributed by atoms with Crippen molar-refractivity contribution in [3.05, 3.63) is 0 Å². The predicted molar refractivity (Wildman–Crippen MR) is 50.7 cm³/mol. The maximum absolute atomic E-state index is 11.1. The van der Waals surface area contributed by atoms with Crippen LogP contribution in [-0.2, 0) is 4.74 Å². The molecular weight excluding hydrogens is 168 g/mol. The van der Waals surface area contributed by atoms with E-state index in [1.54, 1.807) is 4.90 Å². The van der Waals surface area contributed by atoms with Crippen LogP contribution in [0.5, 0.6) is 0 Å². The molecule has 0 bridgehead atoms. The number of ether oxygens (including phenoxy) is 1. The Morgan fingerprint density at radius 3 is 2.31 bits per heavy atom. The summed E-state index contributed by atoms with van der Waals surface area (Å²) in [5.41, 5.74) is 0. The Bertz CT molecular complexity index is 174. The minimum absolute atomic E-state index is 0.197. The van der Waals surface area contributed by atoms with Crippen LogP contribution in [0.3, 0.4) is 0 Å². The average Bonchev–Trinajstić information content (AvgIpc) is 2.17. The molecule has 1 saturated heterocycles. The maximum atomic E-state index is 11.1. The lowest BCUT2D eigenvalue weighted by Gasteiger charge is -2.34. The van der Waals surface area contributed by atoms with Gasteiger partial charge in [0.2, 0.25) is 0 Å². The Morgan fingerprint density at radius 1 is 1.38 bits per heavy atom. The van der Waals surface area contributed by atoms with Crippen LogP contribution in [0, 0.1) is 0 Å². The van der Waals surface area contributed by atoms with E-state index in [1.807, 2.05) is 0 Å². The molecule has 0 spiro atoms. The number of amides is 1. The highest BCUT2D eigenvalue weighted by molar-refractivity contribution is 5.67. The van der Waals surface area contributed by atoms with Crippen molar-refractivity contribution < 1.29 is 9.53 Å². The number of likely N-dealkylation sites (tertiary alicyclic amines) is 1. The van der Waals surface area contributed by atoms with Crippen LogP contribution in [0.15, 0.2) is 0 Å². The first kappa shape index (κ1) is 10.3. The van der Waals surface area contributed by atoms with E-state index in [9.17, 15) is 4.79 Å². The molecule has 13 heavy (non-hydrogen) atoms. The third-order valence-electron chi connectivity index (χ3n) is 2.63. The summed E-state index contributed by atoms with van der Waals surface area (Å²) in [6.07, 6.45) is 1.89. The first-order chi connectivity index (χ1) is 6.15. The summed E-state index contributed by atoms with van der Waals surface area (Å²) in [4.78, 5) is 15.1. The van der Waals surface area contributed by atoms with E-state index in [1.165, 1.54) is 7.11 Å². The van der Waals surface area contributed by atoms with E-state index in [0.717, 1.165) is 25.9 Å². The number of carbonyl (C=O) groups is 1. The molecule has 0 aromatic rings. The predicted octanol–water partition coefficient (Wildman–Crippen LogP) is 0.779. The minimum Gasteiger partial charge on any atom is -0.453 e. The summed E-state index contributed by atoms with van der Waals surface area (Å²) in [5.74, 6) is 0. The zero-order valence-electron chi connectivity index (χ0n) is 8.62. The molecule has 0 aliphatic carbocycles. The largest absolute Gasteiger partial charge is 0.453 e. The highest BCUT2D eigenvalue weighted by Gasteiger charge is 2.23. The first-order valence-corrected chi connectivity index (χ1v) is 4.64. The summed E-state index contributed by atoms with van der Waals surface area (Å²) in [6, 6.07) is 0.612. The monoisotopic (exact) mass is 186 g/mol. The van der Waals surface area contributed by atoms with Gasteiger partial charge in [-0.3, -0.25) is 0 Å². The molecule has 0 atom stereocenters. The molecule has 0 aromatic heterocycles. The van der Waals surface area contributed by atoms with Crippen LogP contribution in [0.4, 0.5) is 4.79 Å². The van der Waals surface area contributed by atoms with Crippen molar-refractivity contribution in [1.29, 1.82) is 0 Å². The van der Waals surface area contributed by atoms with Gasteiger partial charge < -0.3 is 14.5 Å².